The summed E-state index contributed by atoms with van der Waals surface area (Å²) in [6.07, 6.45) is 0.930. The molecule has 0 saturated heterocycles. The quantitative estimate of drug-likeness (QED) is 0.888. The fourth-order valence-electron chi connectivity index (χ4n) is 2.99. The van der Waals surface area contributed by atoms with Crippen molar-refractivity contribution in [1.29, 1.82) is 0 Å². The minimum Gasteiger partial charge on any atom is -0.496 e. The van der Waals surface area contributed by atoms with E-state index in [9.17, 15) is 8.78 Å². The van der Waals surface area contributed by atoms with Gasteiger partial charge in [0.2, 0.25) is 5.92 Å². The lowest BCUT2D eigenvalue weighted by molar-refractivity contribution is -0.0495. The van der Waals surface area contributed by atoms with Crippen LogP contribution in [0.2, 0.25) is 5.02 Å². The van der Waals surface area contributed by atoms with Crippen molar-refractivity contribution >= 4 is 11.6 Å². The number of alkyl halides is 2. The topological polar surface area (TPSA) is 21.3 Å². The van der Waals surface area contributed by atoms with Crippen LogP contribution in [0.3, 0.4) is 0 Å². The van der Waals surface area contributed by atoms with E-state index in [2.05, 4.69) is 5.32 Å². The second-order valence-corrected chi connectivity index (χ2v) is 5.78. The Bertz CT molecular complexity index is 457. The Morgan fingerprint density at radius 2 is 2.00 bits per heavy atom. The molecule has 1 fully saturated rings. The largest absolute Gasteiger partial charge is 0.496 e. The molecule has 20 heavy (non-hydrogen) atoms. The molecule has 0 aromatic heterocycles. The standard InChI is InChI=1S/C15H20ClF2NO/c1-19-14(10-5-7-15(17,18)8-6-10)12-9-11(16)3-4-13(12)20-2/h3-4,9-10,14,19H,5-8H2,1-2H3. The van der Waals surface area contributed by atoms with Gasteiger partial charge in [0.15, 0.2) is 0 Å². The number of rotatable bonds is 4. The van der Waals surface area contributed by atoms with Gasteiger partial charge in [0, 0.05) is 29.5 Å². The van der Waals surface area contributed by atoms with Crippen molar-refractivity contribution in [2.24, 2.45) is 5.92 Å². The predicted molar refractivity (Wildman–Crippen MR) is 76.7 cm³/mol. The highest BCUT2D eigenvalue weighted by atomic mass is 35.5. The molecule has 1 aromatic carbocycles. The molecule has 0 bridgehead atoms. The van der Waals surface area contributed by atoms with E-state index in [1.807, 2.05) is 19.2 Å². The normalized spacial score (nSPS) is 20.6. The maximum Gasteiger partial charge on any atom is 0.248 e. The van der Waals surface area contributed by atoms with Crippen molar-refractivity contribution in [3.05, 3.63) is 28.8 Å². The molecule has 1 atom stereocenters. The Labute approximate surface area is 123 Å². The van der Waals surface area contributed by atoms with E-state index in [4.69, 9.17) is 16.3 Å². The molecule has 0 heterocycles. The first-order valence-corrected chi connectivity index (χ1v) is 7.23. The Hall–Kier alpha value is -0.870. The minimum absolute atomic E-state index is 0.0141. The van der Waals surface area contributed by atoms with Gasteiger partial charge in [-0.2, -0.15) is 0 Å². The van der Waals surface area contributed by atoms with Crippen LogP contribution in [0.5, 0.6) is 5.75 Å². The molecule has 2 rings (SSSR count). The third-order valence-electron chi connectivity index (χ3n) is 4.07. The van der Waals surface area contributed by atoms with Crippen LogP contribution in [0.15, 0.2) is 18.2 Å². The molecule has 0 aliphatic heterocycles. The molecule has 1 aromatic rings. The molecule has 0 radical (unpaired) electrons. The van der Waals surface area contributed by atoms with Crippen molar-refractivity contribution in [3.8, 4) is 5.75 Å². The molecule has 1 aliphatic carbocycles. The van der Waals surface area contributed by atoms with Crippen molar-refractivity contribution in [1.82, 2.24) is 5.32 Å². The Morgan fingerprint density at radius 1 is 1.35 bits per heavy atom. The van der Waals surface area contributed by atoms with Gasteiger partial charge >= 0.3 is 0 Å². The highest BCUT2D eigenvalue weighted by Crippen LogP contribution is 2.43. The van der Waals surface area contributed by atoms with Crippen molar-refractivity contribution < 1.29 is 13.5 Å². The number of hydrogen-bond acceptors (Lipinski definition) is 2. The lowest BCUT2D eigenvalue weighted by Crippen LogP contribution is -2.32. The molecule has 0 spiro atoms. The maximum atomic E-state index is 13.3. The molecule has 112 valence electrons. The maximum absolute atomic E-state index is 13.3. The van der Waals surface area contributed by atoms with Crippen LogP contribution in [0.1, 0.15) is 37.3 Å². The fraction of sp³-hybridized carbons (Fsp3) is 0.600. The van der Waals surface area contributed by atoms with Gasteiger partial charge < -0.3 is 10.1 Å². The zero-order chi connectivity index (χ0) is 14.8. The van der Waals surface area contributed by atoms with Gasteiger partial charge in [-0.1, -0.05) is 11.6 Å². The smallest absolute Gasteiger partial charge is 0.248 e. The van der Waals surface area contributed by atoms with Crippen LogP contribution in [0.4, 0.5) is 8.78 Å². The van der Waals surface area contributed by atoms with Gasteiger partial charge in [-0.3, -0.25) is 0 Å². The van der Waals surface area contributed by atoms with Gasteiger partial charge in [-0.05, 0) is 44.0 Å². The highest BCUT2D eigenvalue weighted by molar-refractivity contribution is 6.30. The summed E-state index contributed by atoms with van der Waals surface area (Å²) in [5, 5.41) is 3.86. The minimum atomic E-state index is -2.51. The monoisotopic (exact) mass is 303 g/mol. The number of methoxy groups -OCH3 is 1. The molecule has 1 aliphatic rings. The average molecular weight is 304 g/mol. The first-order valence-electron chi connectivity index (χ1n) is 6.85. The second kappa shape index (κ2) is 6.27. The van der Waals surface area contributed by atoms with Crippen LogP contribution in [-0.4, -0.2) is 20.1 Å². The van der Waals surface area contributed by atoms with Crippen LogP contribution < -0.4 is 10.1 Å². The third kappa shape index (κ3) is 3.41. The molecule has 0 amide bonds. The van der Waals surface area contributed by atoms with E-state index in [1.54, 1.807) is 13.2 Å². The second-order valence-electron chi connectivity index (χ2n) is 5.35. The van der Waals surface area contributed by atoms with Gasteiger partial charge in [0.25, 0.3) is 0 Å². The number of benzene rings is 1. The number of halogens is 3. The van der Waals surface area contributed by atoms with Crippen molar-refractivity contribution in [3.63, 3.8) is 0 Å². The zero-order valence-corrected chi connectivity index (χ0v) is 12.5. The molecular formula is C15H20ClF2NO. The van der Waals surface area contributed by atoms with Crippen LogP contribution in [0, 0.1) is 5.92 Å². The lowest BCUT2D eigenvalue weighted by Gasteiger charge is -2.34. The molecule has 5 heteroatoms. The third-order valence-corrected chi connectivity index (χ3v) is 4.31. The summed E-state index contributed by atoms with van der Waals surface area (Å²) in [5.41, 5.74) is 0.942. The van der Waals surface area contributed by atoms with E-state index >= 15 is 0 Å². The lowest BCUT2D eigenvalue weighted by atomic mass is 9.79. The summed E-state index contributed by atoms with van der Waals surface area (Å²) in [6.45, 7) is 0. The first kappa shape index (κ1) is 15.5. The number of hydrogen-bond donors (Lipinski definition) is 1. The SMILES string of the molecule is CNC(c1cc(Cl)ccc1OC)C1CCC(F)(F)CC1. The summed E-state index contributed by atoms with van der Waals surface area (Å²) in [4.78, 5) is 0. The molecule has 2 nitrogen and oxygen atoms in total. The van der Waals surface area contributed by atoms with E-state index in [0.717, 1.165) is 11.3 Å². The van der Waals surface area contributed by atoms with Gasteiger partial charge in [-0.15, -0.1) is 0 Å². The molecule has 1 N–H and O–H groups in total. The molecule has 1 saturated carbocycles. The highest BCUT2D eigenvalue weighted by Gasteiger charge is 2.38. The molecule has 1 unspecified atom stereocenters. The number of nitrogens with one attached hydrogen (secondary N) is 1. The Balaban J connectivity index is 2.22. The van der Waals surface area contributed by atoms with Crippen LogP contribution >= 0.6 is 11.6 Å². The van der Waals surface area contributed by atoms with Crippen molar-refractivity contribution in [2.45, 2.75) is 37.6 Å². The van der Waals surface area contributed by atoms with Gasteiger partial charge in [0.1, 0.15) is 5.75 Å². The Morgan fingerprint density at radius 3 is 2.55 bits per heavy atom. The summed E-state index contributed by atoms with van der Waals surface area (Å²) in [7, 11) is 3.45. The summed E-state index contributed by atoms with van der Waals surface area (Å²) < 4.78 is 32.0. The van der Waals surface area contributed by atoms with Crippen molar-refractivity contribution in [2.75, 3.05) is 14.2 Å². The first-order chi connectivity index (χ1) is 9.46. The summed E-state index contributed by atoms with van der Waals surface area (Å²) in [6, 6.07) is 5.43. The van der Waals surface area contributed by atoms with E-state index in [1.165, 1.54) is 0 Å². The van der Waals surface area contributed by atoms with Gasteiger partial charge in [-0.25, -0.2) is 8.78 Å². The zero-order valence-electron chi connectivity index (χ0n) is 11.8. The van der Waals surface area contributed by atoms with Crippen LogP contribution in [-0.2, 0) is 0 Å². The van der Waals surface area contributed by atoms with Gasteiger partial charge in [0.05, 0.1) is 7.11 Å². The van der Waals surface area contributed by atoms with Crippen LogP contribution in [0.25, 0.3) is 0 Å². The summed E-state index contributed by atoms with van der Waals surface area (Å²) in [5.74, 6) is -1.59. The number of ether oxygens (including phenoxy) is 1. The predicted octanol–water partition coefficient (Wildman–Crippen LogP) is 4.43. The molecular weight excluding hydrogens is 284 g/mol. The van der Waals surface area contributed by atoms with E-state index in [-0.39, 0.29) is 24.8 Å². The fourth-order valence-corrected chi connectivity index (χ4v) is 3.17. The van der Waals surface area contributed by atoms with E-state index in [0.29, 0.717) is 17.9 Å². The van der Waals surface area contributed by atoms with E-state index < -0.39 is 5.92 Å². The average Bonchev–Trinajstić information content (AvgIpc) is 2.41. The Kier molecular flexibility index (Phi) is 4.86. The summed E-state index contributed by atoms with van der Waals surface area (Å²) >= 11 is 6.06.